The van der Waals surface area contributed by atoms with Gasteiger partial charge in [-0.2, -0.15) is 0 Å². The number of carbonyl (C=O) groups excluding carboxylic acids is 2. The second-order valence-electron chi connectivity index (χ2n) is 4.68. The molecule has 110 valence electrons. The predicted molar refractivity (Wildman–Crippen MR) is 78.4 cm³/mol. The van der Waals surface area contributed by atoms with Crippen molar-refractivity contribution in [2.45, 2.75) is 32.4 Å². The van der Waals surface area contributed by atoms with Crippen LogP contribution in [0.15, 0.2) is 24.3 Å². The van der Waals surface area contributed by atoms with E-state index in [0.717, 1.165) is 0 Å². The molecular formula is C14H21N3O3. The van der Waals surface area contributed by atoms with Crippen LogP contribution < -0.4 is 16.4 Å². The highest BCUT2D eigenvalue weighted by Gasteiger charge is 2.12. The molecule has 0 radical (unpaired) electrons. The molecule has 2 amide bonds. The topological polar surface area (TPSA) is 93.5 Å². The summed E-state index contributed by atoms with van der Waals surface area (Å²) in [5.41, 5.74) is 6.76. The van der Waals surface area contributed by atoms with Crippen LogP contribution in [0.3, 0.4) is 0 Å². The maximum atomic E-state index is 11.7. The maximum Gasteiger partial charge on any atom is 0.253 e. The fourth-order valence-corrected chi connectivity index (χ4v) is 1.53. The van der Waals surface area contributed by atoms with Gasteiger partial charge in [-0.25, -0.2) is 0 Å². The Kier molecular flexibility index (Phi) is 6.14. The van der Waals surface area contributed by atoms with Crippen molar-refractivity contribution < 1.29 is 14.3 Å². The Labute approximate surface area is 118 Å². The van der Waals surface area contributed by atoms with Gasteiger partial charge in [0.05, 0.1) is 0 Å². The molecule has 0 heterocycles. The van der Waals surface area contributed by atoms with E-state index >= 15 is 0 Å². The fraction of sp³-hybridized carbons (Fsp3) is 0.429. The Morgan fingerprint density at radius 2 is 1.85 bits per heavy atom. The molecule has 2 unspecified atom stereocenters. The summed E-state index contributed by atoms with van der Waals surface area (Å²) in [7, 11) is 1.47. The second kappa shape index (κ2) is 7.62. The Hall–Kier alpha value is -1.92. The van der Waals surface area contributed by atoms with Gasteiger partial charge in [0.2, 0.25) is 5.91 Å². The lowest BCUT2D eigenvalue weighted by molar-refractivity contribution is -0.124. The van der Waals surface area contributed by atoms with Gasteiger partial charge in [-0.05, 0) is 32.0 Å². The van der Waals surface area contributed by atoms with Crippen molar-refractivity contribution in [3.63, 3.8) is 0 Å². The number of hydrogen-bond acceptors (Lipinski definition) is 4. The van der Waals surface area contributed by atoms with Crippen LogP contribution in [0.4, 0.5) is 11.4 Å². The summed E-state index contributed by atoms with van der Waals surface area (Å²) in [4.78, 5) is 23.3. The second-order valence-corrected chi connectivity index (χ2v) is 4.68. The molecule has 1 aromatic rings. The molecule has 0 bridgehead atoms. The number of carbonyl (C=O) groups is 2. The van der Waals surface area contributed by atoms with Crippen LogP contribution in [0, 0.1) is 0 Å². The number of nitrogens with one attached hydrogen (secondary N) is 2. The summed E-state index contributed by atoms with van der Waals surface area (Å²) in [5.74, 6) is -0.403. The standard InChI is InChI=1S/C14H21N3O3/c1-9(15)7-13(18)16-11-5-4-6-12(8-11)17-14(19)10(2)20-3/h4-6,8-10H,7,15H2,1-3H3,(H,16,18)(H,17,19). The molecular weight excluding hydrogens is 258 g/mol. The Morgan fingerprint density at radius 3 is 2.40 bits per heavy atom. The van der Waals surface area contributed by atoms with Crippen LogP contribution in [0.1, 0.15) is 20.3 Å². The first-order valence-corrected chi connectivity index (χ1v) is 6.41. The Bertz CT molecular complexity index is 474. The van der Waals surface area contributed by atoms with E-state index in [-0.39, 0.29) is 24.3 Å². The van der Waals surface area contributed by atoms with Crippen LogP contribution in [0.5, 0.6) is 0 Å². The van der Waals surface area contributed by atoms with Gasteiger partial charge in [0, 0.05) is 30.9 Å². The molecule has 0 saturated heterocycles. The van der Waals surface area contributed by atoms with Crippen LogP contribution in [0.25, 0.3) is 0 Å². The van der Waals surface area contributed by atoms with Crippen molar-refractivity contribution in [1.29, 1.82) is 0 Å². The predicted octanol–water partition coefficient (Wildman–Crippen LogP) is 1.34. The van der Waals surface area contributed by atoms with Crippen LogP contribution in [-0.2, 0) is 14.3 Å². The van der Waals surface area contributed by atoms with E-state index in [1.807, 2.05) is 0 Å². The minimum absolute atomic E-state index is 0.159. The first kappa shape index (κ1) is 16.1. The van der Waals surface area contributed by atoms with E-state index in [2.05, 4.69) is 10.6 Å². The van der Waals surface area contributed by atoms with Gasteiger partial charge >= 0.3 is 0 Å². The van der Waals surface area contributed by atoms with Gasteiger partial charge < -0.3 is 21.1 Å². The van der Waals surface area contributed by atoms with Gasteiger partial charge in [0.15, 0.2) is 0 Å². The number of benzene rings is 1. The number of methoxy groups -OCH3 is 1. The van der Waals surface area contributed by atoms with Crippen LogP contribution >= 0.6 is 0 Å². The first-order chi connectivity index (χ1) is 9.42. The van der Waals surface area contributed by atoms with Crippen molar-refractivity contribution in [3.8, 4) is 0 Å². The molecule has 0 aliphatic carbocycles. The SMILES string of the molecule is COC(C)C(=O)Nc1cccc(NC(=O)CC(C)N)c1. The van der Waals surface area contributed by atoms with Crippen molar-refractivity contribution in [2.75, 3.05) is 17.7 Å². The van der Waals surface area contributed by atoms with Crippen molar-refractivity contribution >= 4 is 23.2 Å². The van der Waals surface area contributed by atoms with Gasteiger partial charge in [-0.15, -0.1) is 0 Å². The van der Waals surface area contributed by atoms with Crippen molar-refractivity contribution in [3.05, 3.63) is 24.3 Å². The van der Waals surface area contributed by atoms with Crippen LogP contribution in [-0.4, -0.2) is 31.1 Å². The summed E-state index contributed by atoms with van der Waals surface area (Å²) >= 11 is 0. The Morgan fingerprint density at radius 1 is 1.25 bits per heavy atom. The molecule has 0 fully saturated rings. The highest BCUT2D eigenvalue weighted by Crippen LogP contribution is 2.16. The molecule has 4 N–H and O–H groups in total. The number of anilines is 2. The normalized spacial score (nSPS) is 13.4. The largest absolute Gasteiger partial charge is 0.372 e. The zero-order valence-corrected chi connectivity index (χ0v) is 12.0. The third-order valence-corrected chi connectivity index (χ3v) is 2.64. The summed E-state index contributed by atoms with van der Waals surface area (Å²) < 4.78 is 4.93. The van der Waals surface area contributed by atoms with E-state index < -0.39 is 6.10 Å². The molecule has 20 heavy (non-hydrogen) atoms. The van der Waals surface area contributed by atoms with E-state index in [4.69, 9.17) is 10.5 Å². The molecule has 2 atom stereocenters. The lowest BCUT2D eigenvalue weighted by atomic mass is 10.2. The molecule has 1 rings (SSSR count). The molecule has 0 saturated carbocycles. The smallest absolute Gasteiger partial charge is 0.253 e. The molecule has 0 aliphatic heterocycles. The molecule has 0 aromatic heterocycles. The number of hydrogen-bond donors (Lipinski definition) is 3. The molecule has 6 heteroatoms. The van der Waals surface area contributed by atoms with E-state index in [1.165, 1.54) is 7.11 Å². The van der Waals surface area contributed by atoms with E-state index in [9.17, 15) is 9.59 Å². The zero-order chi connectivity index (χ0) is 15.1. The Balaban J connectivity index is 2.66. The average Bonchev–Trinajstić information content (AvgIpc) is 2.36. The lowest BCUT2D eigenvalue weighted by Crippen LogP contribution is -2.26. The summed E-state index contributed by atoms with van der Waals surface area (Å²) in [6, 6.07) is 6.71. The summed E-state index contributed by atoms with van der Waals surface area (Å²) in [5, 5.41) is 5.44. The number of rotatable bonds is 6. The van der Waals surface area contributed by atoms with Gasteiger partial charge in [0.1, 0.15) is 6.10 Å². The highest BCUT2D eigenvalue weighted by atomic mass is 16.5. The van der Waals surface area contributed by atoms with E-state index in [0.29, 0.717) is 11.4 Å². The third kappa shape index (κ3) is 5.38. The maximum absolute atomic E-state index is 11.7. The lowest BCUT2D eigenvalue weighted by Gasteiger charge is -2.12. The third-order valence-electron chi connectivity index (χ3n) is 2.64. The highest BCUT2D eigenvalue weighted by molar-refractivity contribution is 5.95. The van der Waals surface area contributed by atoms with Gasteiger partial charge in [-0.3, -0.25) is 9.59 Å². The van der Waals surface area contributed by atoms with E-state index in [1.54, 1.807) is 38.1 Å². The minimum atomic E-state index is -0.536. The molecule has 6 nitrogen and oxygen atoms in total. The summed E-state index contributed by atoms with van der Waals surface area (Å²) in [6.07, 6.45) is -0.288. The zero-order valence-electron chi connectivity index (χ0n) is 12.0. The van der Waals surface area contributed by atoms with Crippen molar-refractivity contribution in [1.82, 2.24) is 0 Å². The fourth-order valence-electron chi connectivity index (χ4n) is 1.53. The average molecular weight is 279 g/mol. The van der Waals surface area contributed by atoms with Gasteiger partial charge in [-0.1, -0.05) is 6.07 Å². The molecule has 0 aliphatic rings. The van der Waals surface area contributed by atoms with Crippen molar-refractivity contribution in [2.24, 2.45) is 5.73 Å². The minimum Gasteiger partial charge on any atom is -0.372 e. The number of nitrogens with two attached hydrogens (primary N) is 1. The quantitative estimate of drug-likeness (QED) is 0.732. The van der Waals surface area contributed by atoms with Crippen LogP contribution in [0.2, 0.25) is 0 Å². The first-order valence-electron chi connectivity index (χ1n) is 6.41. The molecule has 1 aromatic carbocycles. The summed E-state index contributed by atoms with van der Waals surface area (Å²) in [6.45, 7) is 3.42. The monoisotopic (exact) mass is 279 g/mol. The number of amides is 2. The number of ether oxygens (including phenoxy) is 1. The van der Waals surface area contributed by atoms with Gasteiger partial charge in [0.25, 0.3) is 5.91 Å². The molecule has 0 spiro atoms.